The number of amides is 2. The summed E-state index contributed by atoms with van der Waals surface area (Å²) < 4.78 is 0. The van der Waals surface area contributed by atoms with E-state index in [1.807, 2.05) is 7.05 Å². The van der Waals surface area contributed by atoms with Crippen LogP contribution in [0.4, 0.5) is 10.5 Å². The molecule has 114 valence electrons. The Labute approximate surface area is 125 Å². The number of nitrogens with zero attached hydrogens (tertiary/aromatic N) is 1. The van der Waals surface area contributed by atoms with E-state index in [2.05, 4.69) is 12.2 Å². The number of rotatable bonds is 3. The maximum atomic E-state index is 12.3. The van der Waals surface area contributed by atoms with Gasteiger partial charge in [-0.05, 0) is 37.0 Å². The Morgan fingerprint density at radius 3 is 2.67 bits per heavy atom. The lowest BCUT2D eigenvalue weighted by atomic mass is 9.85. The Morgan fingerprint density at radius 2 is 2.00 bits per heavy atom. The molecule has 0 aliphatic heterocycles. The van der Waals surface area contributed by atoms with Crippen molar-refractivity contribution in [3.05, 3.63) is 29.8 Å². The zero-order valence-electron chi connectivity index (χ0n) is 12.5. The topological polar surface area (TPSA) is 69.6 Å². The zero-order chi connectivity index (χ0) is 15.4. The van der Waals surface area contributed by atoms with Crippen molar-refractivity contribution in [3.8, 4) is 0 Å². The number of carboxylic acids is 1. The minimum atomic E-state index is -1.000. The number of carboxylic acid groups (broad SMARTS) is 1. The number of hydrogen-bond donors (Lipinski definition) is 2. The van der Waals surface area contributed by atoms with Gasteiger partial charge >= 0.3 is 12.0 Å². The summed E-state index contributed by atoms with van der Waals surface area (Å²) in [5.41, 5.74) is 0.678. The van der Waals surface area contributed by atoms with E-state index in [-0.39, 0.29) is 17.6 Å². The smallest absolute Gasteiger partial charge is 0.335 e. The summed E-state index contributed by atoms with van der Waals surface area (Å²) in [6.07, 6.45) is 4.56. The van der Waals surface area contributed by atoms with Crippen molar-refractivity contribution in [1.29, 1.82) is 0 Å². The van der Waals surface area contributed by atoms with Crippen LogP contribution >= 0.6 is 0 Å². The first kappa shape index (κ1) is 15.4. The summed E-state index contributed by atoms with van der Waals surface area (Å²) >= 11 is 0. The molecule has 1 fully saturated rings. The second-order valence-corrected chi connectivity index (χ2v) is 5.76. The SMILES string of the molecule is CC1CCCCC1N(C)C(=O)Nc1cccc(C(=O)O)c1. The first-order valence-corrected chi connectivity index (χ1v) is 7.36. The molecule has 0 saturated heterocycles. The minimum Gasteiger partial charge on any atom is -0.478 e. The Bertz CT molecular complexity index is 530. The van der Waals surface area contributed by atoms with E-state index in [1.165, 1.54) is 18.6 Å². The number of benzene rings is 1. The lowest BCUT2D eigenvalue weighted by Crippen LogP contribution is -2.44. The molecule has 2 unspecified atom stereocenters. The van der Waals surface area contributed by atoms with Crippen LogP contribution in [0.25, 0.3) is 0 Å². The maximum absolute atomic E-state index is 12.3. The van der Waals surface area contributed by atoms with Crippen LogP contribution in [0.2, 0.25) is 0 Å². The Hall–Kier alpha value is -2.04. The van der Waals surface area contributed by atoms with Gasteiger partial charge in [0.05, 0.1) is 5.56 Å². The first-order chi connectivity index (χ1) is 9.99. The summed E-state index contributed by atoms with van der Waals surface area (Å²) in [6.45, 7) is 2.18. The first-order valence-electron chi connectivity index (χ1n) is 7.36. The molecule has 0 spiro atoms. The monoisotopic (exact) mass is 290 g/mol. The molecule has 1 aromatic rings. The summed E-state index contributed by atoms with van der Waals surface area (Å²) in [5, 5.41) is 11.7. The second kappa shape index (κ2) is 6.61. The molecule has 0 radical (unpaired) electrons. The van der Waals surface area contributed by atoms with Gasteiger partial charge in [0.25, 0.3) is 0 Å². The highest BCUT2D eigenvalue weighted by Crippen LogP contribution is 2.27. The van der Waals surface area contributed by atoms with Gasteiger partial charge in [-0.2, -0.15) is 0 Å². The molecule has 1 aliphatic carbocycles. The molecule has 0 heterocycles. The lowest BCUT2D eigenvalue weighted by molar-refractivity contribution is 0.0697. The number of hydrogen-bond acceptors (Lipinski definition) is 2. The Morgan fingerprint density at radius 1 is 1.29 bits per heavy atom. The van der Waals surface area contributed by atoms with Gasteiger partial charge in [-0.15, -0.1) is 0 Å². The van der Waals surface area contributed by atoms with E-state index in [9.17, 15) is 9.59 Å². The third-order valence-corrected chi connectivity index (χ3v) is 4.24. The van der Waals surface area contributed by atoms with E-state index >= 15 is 0 Å². The quantitative estimate of drug-likeness (QED) is 0.896. The third-order valence-electron chi connectivity index (χ3n) is 4.24. The van der Waals surface area contributed by atoms with Gasteiger partial charge in [-0.3, -0.25) is 0 Å². The number of aromatic carboxylic acids is 1. The summed E-state index contributed by atoms with van der Waals surface area (Å²) in [5.74, 6) is -0.500. The molecule has 1 aliphatic rings. The molecule has 0 aromatic heterocycles. The summed E-state index contributed by atoms with van der Waals surface area (Å²) in [4.78, 5) is 25.0. The highest BCUT2D eigenvalue weighted by atomic mass is 16.4. The second-order valence-electron chi connectivity index (χ2n) is 5.76. The molecule has 1 aromatic carbocycles. The van der Waals surface area contributed by atoms with E-state index in [4.69, 9.17) is 5.11 Å². The molecule has 2 N–H and O–H groups in total. The molecule has 2 amide bonds. The van der Waals surface area contributed by atoms with E-state index in [0.29, 0.717) is 11.6 Å². The van der Waals surface area contributed by atoms with Crippen LogP contribution < -0.4 is 5.32 Å². The molecule has 5 heteroatoms. The highest BCUT2D eigenvalue weighted by molar-refractivity contribution is 5.93. The van der Waals surface area contributed by atoms with Crippen LogP contribution in [0.1, 0.15) is 43.0 Å². The van der Waals surface area contributed by atoms with E-state index in [1.54, 1.807) is 17.0 Å². The maximum Gasteiger partial charge on any atom is 0.335 e. The van der Waals surface area contributed by atoms with Crippen molar-refractivity contribution in [1.82, 2.24) is 4.90 Å². The van der Waals surface area contributed by atoms with Gasteiger partial charge in [0.2, 0.25) is 0 Å². The highest BCUT2D eigenvalue weighted by Gasteiger charge is 2.27. The van der Waals surface area contributed by atoms with Crippen LogP contribution in [0.3, 0.4) is 0 Å². The van der Waals surface area contributed by atoms with Gasteiger partial charge < -0.3 is 15.3 Å². The largest absolute Gasteiger partial charge is 0.478 e. The number of nitrogens with one attached hydrogen (secondary N) is 1. The number of carbonyl (C=O) groups excluding carboxylic acids is 1. The van der Waals surface area contributed by atoms with E-state index < -0.39 is 5.97 Å². The average molecular weight is 290 g/mol. The number of urea groups is 1. The fraction of sp³-hybridized carbons (Fsp3) is 0.500. The van der Waals surface area contributed by atoms with Gasteiger partial charge in [-0.1, -0.05) is 25.8 Å². The Kier molecular flexibility index (Phi) is 4.83. The number of carbonyl (C=O) groups is 2. The van der Waals surface area contributed by atoms with Crippen LogP contribution in [-0.2, 0) is 0 Å². The number of anilines is 1. The Balaban J connectivity index is 2.03. The molecule has 2 rings (SSSR count). The minimum absolute atomic E-state index is 0.168. The molecular formula is C16H22N2O3. The molecular weight excluding hydrogens is 268 g/mol. The van der Waals surface area contributed by atoms with E-state index in [0.717, 1.165) is 19.3 Å². The predicted octanol–water partition coefficient (Wildman–Crippen LogP) is 3.43. The molecule has 5 nitrogen and oxygen atoms in total. The van der Waals surface area contributed by atoms with Gasteiger partial charge in [0.1, 0.15) is 0 Å². The summed E-state index contributed by atoms with van der Waals surface area (Å²) in [7, 11) is 1.81. The fourth-order valence-electron chi connectivity index (χ4n) is 2.96. The molecule has 2 atom stereocenters. The normalized spacial score (nSPS) is 21.6. The zero-order valence-corrected chi connectivity index (χ0v) is 12.5. The van der Waals surface area contributed by atoms with Crippen LogP contribution in [0.15, 0.2) is 24.3 Å². The third kappa shape index (κ3) is 3.74. The van der Waals surface area contributed by atoms with Gasteiger partial charge in [-0.25, -0.2) is 9.59 Å². The van der Waals surface area contributed by atoms with Gasteiger partial charge in [0, 0.05) is 18.8 Å². The van der Waals surface area contributed by atoms with Crippen molar-refractivity contribution < 1.29 is 14.7 Å². The van der Waals surface area contributed by atoms with Crippen LogP contribution in [-0.4, -0.2) is 35.1 Å². The molecule has 1 saturated carbocycles. The average Bonchev–Trinajstić information content (AvgIpc) is 2.47. The standard InChI is InChI=1S/C16H22N2O3/c1-11-6-3-4-9-14(11)18(2)16(21)17-13-8-5-7-12(10-13)15(19)20/h5,7-8,10-11,14H,3-4,6,9H2,1-2H3,(H,17,21)(H,19,20). The van der Waals surface area contributed by atoms with Crippen LogP contribution in [0, 0.1) is 5.92 Å². The van der Waals surface area contributed by atoms with Crippen LogP contribution in [0.5, 0.6) is 0 Å². The van der Waals surface area contributed by atoms with Crippen molar-refractivity contribution in [3.63, 3.8) is 0 Å². The van der Waals surface area contributed by atoms with Crippen molar-refractivity contribution in [2.75, 3.05) is 12.4 Å². The molecule has 21 heavy (non-hydrogen) atoms. The molecule has 0 bridgehead atoms. The predicted molar refractivity (Wildman–Crippen MR) is 81.6 cm³/mol. The summed E-state index contributed by atoms with van der Waals surface area (Å²) in [6, 6.07) is 6.37. The fourth-order valence-corrected chi connectivity index (χ4v) is 2.96. The van der Waals surface area contributed by atoms with Crippen molar-refractivity contribution in [2.45, 2.75) is 38.6 Å². The van der Waals surface area contributed by atoms with Gasteiger partial charge in [0.15, 0.2) is 0 Å². The lowest BCUT2D eigenvalue weighted by Gasteiger charge is -2.36. The van der Waals surface area contributed by atoms with Crippen molar-refractivity contribution >= 4 is 17.7 Å². The van der Waals surface area contributed by atoms with Crippen molar-refractivity contribution in [2.24, 2.45) is 5.92 Å².